The van der Waals surface area contributed by atoms with E-state index in [9.17, 15) is 9.90 Å². The van der Waals surface area contributed by atoms with Gasteiger partial charge in [-0.05, 0) is 24.2 Å². The Morgan fingerprint density at radius 3 is 1.61 bits per heavy atom. The smallest absolute Gasteiger partial charge is 0.158 e. The molecule has 0 saturated heterocycles. The number of aliphatic hydroxyl groups excluding tert-OH is 1. The zero-order valence-corrected chi connectivity index (χ0v) is 26.9. The monoisotopic (exact) mass is 502 g/mol. The summed E-state index contributed by atoms with van der Waals surface area (Å²) in [5.74, 6) is 0.508. The Bertz CT molecular complexity index is 552. The predicted octanol–water partition coefficient (Wildman–Crippen LogP) is 6.90. The molecule has 0 amide bonds. The molecule has 0 spiro atoms. The van der Waals surface area contributed by atoms with Crippen LogP contribution in [-0.2, 0) is 9.22 Å². The number of hydrogen-bond acceptors (Lipinski definition) is 3. The standard InChI is InChI=1S/C24H54O3Si4/c1-24(2,3)23(19-21(25)18-22(26)20-16-14-13-15-17-20)27-31(28(4,5)6,29(7,8)9)30(10,11)12/h20,22-23,26H,13-19H2,1-12H3/t22-,23-/m0/s1. The van der Waals surface area contributed by atoms with Crippen molar-refractivity contribution in [2.45, 2.75) is 137 Å². The van der Waals surface area contributed by atoms with Crippen LogP contribution in [0.25, 0.3) is 0 Å². The maximum absolute atomic E-state index is 13.2. The van der Waals surface area contributed by atoms with Crippen molar-refractivity contribution in [2.75, 3.05) is 0 Å². The third-order valence-corrected chi connectivity index (χ3v) is 75.0. The summed E-state index contributed by atoms with van der Waals surface area (Å²) in [5.41, 5.74) is -0.0807. The molecule has 0 bridgehead atoms. The molecule has 1 aliphatic rings. The van der Waals surface area contributed by atoms with E-state index in [0.717, 1.165) is 12.8 Å². The first-order valence-corrected chi connectivity index (χ1v) is 28.0. The average molecular weight is 503 g/mol. The van der Waals surface area contributed by atoms with Crippen molar-refractivity contribution < 1.29 is 14.3 Å². The summed E-state index contributed by atoms with van der Waals surface area (Å²) in [6.45, 7) is 27.5. The second-order valence-corrected chi connectivity index (χ2v) is 53.8. The van der Waals surface area contributed by atoms with Gasteiger partial charge in [-0.25, -0.2) is 0 Å². The molecule has 184 valence electrons. The van der Waals surface area contributed by atoms with Crippen LogP contribution < -0.4 is 0 Å². The van der Waals surface area contributed by atoms with Gasteiger partial charge in [-0.15, -0.1) is 0 Å². The van der Waals surface area contributed by atoms with E-state index in [4.69, 9.17) is 4.43 Å². The van der Waals surface area contributed by atoms with E-state index >= 15 is 0 Å². The topological polar surface area (TPSA) is 46.5 Å². The quantitative estimate of drug-likeness (QED) is 0.330. The molecule has 1 rings (SSSR count). The maximum Gasteiger partial charge on any atom is 0.158 e. The molecule has 1 fully saturated rings. The van der Waals surface area contributed by atoms with Gasteiger partial charge < -0.3 is 9.53 Å². The molecule has 0 aliphatic heterocycles. The van der Waals surface area contributed by atoms with E-state index in [1.807, 2.05) is 0 Å². The summed E-state index contributed by atoms with van der Waals surface area (Å²) in [6.07, 6.45) is 6.06. The number of rotatable bonds is 10. The Balaban J connectivity index is 3.18. The lowest BCUT2D eigenvalue weighted by molar-refractivity contribution is -0.124. The minimum absolute atomic E-state index is 0.0459. The van der Waals surface area contributed by atoms with Gasteiger partial charge in [-0.2, -0.15) is 0 Å². The number of hydrogen-bond donors (Lipinski definition) is 1. The summed E-state index contributed by atoms with van der Waals surface area (Å²) in [5, 5.41) is 10.7. The van der Waals surface area contributed by atoms with E-state index in [1.54, 1.807) is 0 Å². The fraction of sp³-hybridized carbons (Fsp3) is 0.958. The summed E-state index contributed by atoms with van der Waals surface area (Å²) in [4.78, 5) is 13.2. The highest BCUT2D eigenvalue weighted by Gasteiger charge is 2.65. The molecule has 1 saturated carbocycles. The summed E-state index contributed by atoms with van der Waals surface area (Å²) < 4.78 is 7.52. The van der Waals surface area contributed by atoms with Gasteiger partial charge in [-0.3, -0.25) is 4.79 Å². The van der Waals surface area contributed by atoms with Crippen LogP contribution in [0.4, 0.5) is 0 Å². The third kappa shape index (κ3) is 7.22. The van der Waals surface area contributed by atoms with Crippen molar-refractivity contribution in [3.8, 4) is 0 Å². The number of Topliss-reactive ketones (excluding diaryl/α,β-unsaturated/α-hetero) is 1. The van der Waals surface area contributed by atoms with Gasteiger partial charge in [0.2, 0.25) is 0 Å². The Hall–Kier alpha value is 0.458. The molecule has 0 heterocycles. The van der Waals surface area contributed by atoms with Crippen molar-refractivity contribution in [3.63, 3.8) is 0 Å². The molecule has 3 nitrogen and oxygen atoms in total. The van der Waals surface area contributed by atoms with Crippen LogP contribution >= 0.6 is 0 Å². The Morgan fingerprint density at radius 2 is 1.26 bits per heavy atom. The van der Waals surface area contributed by atoms with Gasteiger partial charge in [0.1, 0.15) is 5.78 Å². The molecule has 7 heteroatoms. The van der Waals surface area contributed by atoms with Gasteiger partial charge in [0.15, 0.2) is 6.87 Å². The zero-order chi connectivity index (χ0) is 24.5. The van der Waals surface area contributed by atoms with E-state index in [2.05, 4.69) is 79.7 Å². The molecule has 0 aromatic rings. The van der Waals surface area contributed by atoms with Gasteiger partial charge in [0.25, 0.3) is 0 Å². The van der Waals surface area contributed by atoms with Crippen molar-refractivity contribution in [2.24, 2.45) is 11.3 Å². The summed E-state index contributed by atoms with van der Waals surface area (Å²) in [7, 11) is -4.74. The SMILES string of the molecule is CC(C)(C)[C@H](CC(=O)C[C@H](O)C1CCCCC1)O[Si]([Si](C)(C)C)([Si](C)(C)C)[Si](C)(C)C. The van der Waals surface area contributed by atoms with E-state index in [1.165, 1.54) is 19.3 Å². The second kappa shape index (κ2) is 10.4. The zero-order valence-electron chi connectivity index (χ0n) is 22.9. The first kappa shape index (κ1) is 29.5. The fourth-order valence-electron chi connectivity index (χ4n) is 6.85. The van der Waals surface area contributed by atoms with E-state index in [-0.39, 0.29) is 17.3 Å². The van der Waals surface area contributed by atoms with Gasteiger partial charge >= 0.3 is 0 Å². The minimum atomic E-state index is -2.01. The lowest BCUT2D eigenvalue weighted by atomic mass is 9.81. The lowest BCUT2D eigenvalue weighted by Crippen LogP contribution is -2.85. The van der Waals surface area contributed by atoms with Gasteiger partial charge in [-0.1, -0.05) is 99.0 Å². The highest BCUT2D eigenvalue weighted by atomic mass is 29.9. The first-order chi connectivity index (χ1) is 13.7. The molecule has 2 atom stereocenters. The van der Waals surface area contributed by atoms with Crippen LogP contribution in [0.2, 0.25) is 58.9 Å². The molecule has 0 unspecified atom stereocenters. The first-order valence-electron chi connectivity index (χ1n) is 12.6. The summed E-state index contributed by atoms with van der Waals surface area (Å²) >= 11 is 0. The van der Waals surface area contributed by atoms with Crippen molar-refractivity contribution in [3.05, 3.63) is 0 Å². The third-order valence-electron chi connectivity index (χ3n) is 7.50. The molecule has 0 aromatic heterocycles. The van der Waals surface area contributed by atoms with Crippen LogP contribution in [-0.4, -0.2) is 52.7 Å². The van der Waals surface area contributed by atoms with Crippen molar-refractivity contribution in [1.29, 1.82) is 0 Å². The maximum atomic E-state index is 13.2. The number of carbonyl (C=O) groups is 1. The van der Waals surface area contributed by atoms with Gasteiger partial charge in [0.05, 0.1) is 35.0 Å². The fourth-order valence-corrected chi connectivity index (χ4v) is 101. The normalized spacial score (nSPS) is 19.9. The molecule has 1 aliphatic carbocycles. The molecule has 31 heavy (non-hydrogen) atoms. The van der Waals surface area contributed by atoms with Crippen molar-refractivity contribution >= 4 is 35.4 Å². The second-order valence-electron chi connectivity index (χ2n) is 14.3. The minimum Gasteiger partial charge on any atom is -0.422 e. The van der Waals surface area contributed by atoms with Crippen LogP contribution in [0.15, 0.2) is 0 Å². The highest BCUT2D eigenvalue weighted by Crippen LogP contribution is 2.42. The lowest BCUT2D eigenvalue weighted by Gasteiger charge is -2.58. The van der Waals surface area contributed by atoms with Crippen LogP contribution in [0, 0.1) is 11.3 Å². The van der Waals surface area contributed by atoms with E-state index in [0.29, 0.717) is 18.8 Å². The molecule has 1 N–H and O–H groups in total. The highest BCUT2D eigenvalue weighted by molar-refractivity contribution is 7.87. The van der Waals surface area contributed by atoms with Crippen molar-refractivity contribution in [1.82, 2.24) is 0 Å². The Labute approximate surface area is 197 Å². The Kier molecular flexibility index (Phi) is 9.88. The molecule has 0 radical (unpaired) electrons. The van der Waals surface area contributed by atoms with Crippen LogP contribution in [0.5, 0.6) is 0 Å². The Morgan fingerprint density at radius 1 is 0.839 bits per heavy atom. The number of ketones is 1. The molecule has 0 aromatic carbocycles. The van der Waals surface area contributed by atoms with Crippen LogP contribution in [0.1, 0.15) is 65.7 Å². The van der Waals surface area contributed by atoms with E-state index < -0.39 is 35.7 Å². The predicted molar refractivity (Wildman–Crippen MR) is 147 cm³/mol. The largest absolute Gasteiger partial charge is 0.422 e. The van der Waals surface area contributed by atoms with Crippen LogP contribution in [0.3, 0.4) is 0 Å². The number of carbonyl (C=O) groups excluding carboxylic acids is 1. The van der Waals surface area contributed by atoms with Gasteiger partial charge in [0, 0.05) is 12.8 Å². The average Bonchev–Trinajstić information content (AvgIpc) is 2.54. The molecular formula is C24H54O3Si4. The molecular weight excluding hydrogens is 449 g/mol. The number of aliphatic hydroxyl groups is 1. The summed E-state index contributed by atoms with van der Waals surface area (Å²) in [6, 6.07) is 0.